The molecule has 0 heterocycles. The van der Waals surface area contributed by atoms with Crippen molar-refractivity contribution in [2.24, 2.45) is 5.92 Å². The lowest BCUT2D eigenvalue weighted by molar-refractivity contribution is 0.114. The van der Waals surface area contributed by atoms with Crippen molar-refractivity contribution in [1.82, 2.24) is 0 Å². The van der Waals surface area contributed by atoms with Crippen molar-refractivity contribution < 1.29 is 17.2 Å². The van der Waals surface area contributed by atoms with Crippen LogP contribution in [0.25, 0.3) is 0 Å². The van der Waals surface area contributed by atoms with Crippen LogP contribution in [0.15, 0.2) is 0 Å². The number of hydrogen-bond acceptors (Lipinski definition) is 3. The van der Waals surface area contributed by atoms with Crippen LogP contribution in [-0.4, -0.2) is 19.1 Å². The van der Waals surface area contributed by atoms with E-state index in [4.69, 9.17) is 4.55 Å². The molecule has 0 unspecified atom stereocenters. The maximum atomic E-state index is 10.4. The highest BCUT2D eigenvalue weighted by Gasteiger charge is 2.24. The fraction of sp³-hybridized carbons (Fsp3) is 1.00. The topological polar surface area (TPSA) is 63.6 Å². The first-order valence-corrected chi connectivity index (χ1v) is 6.01. The quantitative estimate of drug-likeness (QED) is 0.718. The smallest absolute Gasteiger partial charge is 0.264 e. The third-order valence-electron chi connectivity index (χ3n) is 2.59. The molecule has 1 fully saturated rings. The minimum atomic E-state index is -4.27. The Hall–Kier alpha value is -0.130. The summed E-state index contributed by atoms with van der Waals surface area (Å²) in [5.41, 5.74) is 0. The van der Waals surface area contributed by atoms with Crippen molar-refractivity contribution in [1.29, 1.82) is 0 Å². The Labute approximate surface area is 79.2 Å². The predicted octanol–water partition coefficient (Wildman–Crippen LogP) is 1.77. The van der Waals surface area contributed by atoms with Crippen LogP contribution in [0.5, 0.6) is 0 Å². The maximum absolute atomic E-state index is 10.4. The maximum Gasteiger partial charge on any atom is 0.397 e. The van der Waals surface area contributed by atoms with E-state index in [0.717, 1.165) is 25.7 Å². The first-order valence-electron chi connectivity index (χ1n) is 4.65. The average molecular weight is 208 g/mol. The zero-order valence-electron chi connectivity index (χ0n) is 7.77. The summed E-state index contributed by atoms with van der Waals surface area (Å²) < 4.78 is 33.8. The lowest BCUT2D eigenvalue weighted by atomic mass is 9.86. The van der Waals surface area contributed by atoms with Crippen LogP contribution in [0.3, 0.4) is 0 Å². The lowest BCUT2D eigenvalue weighted by Crippen LogP contribution is -2.25. The minimum Gasteiger partial charge on any atom is -0.264 e. The Bertz CT molecular complexity index is 241. The third kappa shape index (κ3) is 4.06. The molecule has 78 valence electrons. The summed E-state index contributed by atoms with van der Waals surface area (Å²) in [6.45, 7) is 1.70. The zero-order chi connectivity index (χ0) is 9.90. The number of hydrogen-bond donors (Lipinski definition) is 1. The highest BCUT2D eigenvalue weighted by molar-refractivity contribution is 7.80. The molecule has 1 atom stereocenters. The van der Waals surface area contributed by atoms with Gasteiger partial charge < -0.3 is 0 Å². The van der Waals surface area contributed by atoms with Crippen molar-refractivity contribution >= 4 is 10.4 Å². The van der Waals surface area contributed by atoms with E-state index in [2.05, 4.69) is 4.18 Å². The highest BCUT2D eigenvalue weighted by atomic mass is 32.3. The fourth-order valence-corrected chi connectivity index (χ4v) is 2.41. The van der Waals surface area contributed by atoms with Crippen LogP contribution in [0.4, 0.5) is 0 Å². The van der Waals surface area contributed by atoms with Gasteiger partial charge in [0.1, 0.15) is 0 Å². The van der Waals surface area contributed by atoms with Crippen molar-refractivity contribution in [3.63, 3.8) is 0 Å². The van der Waals surface area contributed by atoms with Gasteiger partial charge in [-0.2, -0.15) is 8.42 Å². The van der Waals surface area contributed by atoms with E-state index in [1.54, 1.807) is 6.92 Å². The summed E-state index contributed by atoms with van der Waals surface area (Å²) in [6, 6.07) is 0. The summed E-state index contributed by atoms with van der Waals surface area (Å²) in [5.74, 6) is 0.274. The molecule has 0 saturated heterocycles. The van der Waals surface area contributed by atoms with Gasteiger partial charge in [-0.1, -0.05) is 19.3 Å². The van der Waals surface area contributed by atoms with E-state index in [9.17, 15) is 8.42 Å². The normalized spacial score (nSPS) is 22.9. The molecular weight excluding hydrogens is 192 g/mol. The molecule has 1 N–H and O–H groups in total. The van der Waals surface area contributed by atoms with Crippen molar-refractivity contribution in [2.75, 3.05) is 0 Å². The van der Waals surface area contributed by atoms with Crippen LogP contribution >= 0.6 is 0 Å². The van der Waals surface area contributed by atoms with Gasteiger partial charge in [-0.05, 0) is 25.7 Å². The van der Waals surface area contributed by atoms with E-state index in [0.29, 0.717) is 0 Å². The van der Waals surface area contributed by atoms with Gasteiger partial charge in [0, 0.05) is 0 Å². The average Bonchev–Trinajstić information content (AvgIpc) is 2.03. The molecule has 1 aliphatic carbocycles. The van der Waals surface area contributed by atoms with Crippen molar-refractivity contribution in [2.45, 2.75) is 45.1 Å². The first kappa shape index (κ1) is 10.9. The molecule has 13 heavy (non-hydrogen) atoms. The summed E-state index contributed by atoms with van der Waals surface area (Å²) in [4.78, 5) is 0. The third-order valence-corrected chi connectivity index (χ3v) is 3.13. The van der Waals surface area contributed by atoms with E-state index >= 15 is 0 Å². The van der Waals surface area contributed by atoms with Crippen LogP contribution < -0.4 is 0 Å². The van der Waals surface area contributed by atoms with Gasteiger partial charge >= 0.3 is 10.4 Å². The van der Waals surface area contributed by atoms with Gasteiger partial charge in [0.15, 0.2) is 0 Å². The minimum absolute atomic E-state index is 0.274. The molecule has 1 saturated carbocycles. The van der Waals surface area contributed by atoms with Crippen LogP contribution in [0.2, 0.25) is 0 Å². The molecular formula is C8H16O4S. The largest absolute Gasteiger partial charge is 0.397 e. The molecule has 0 aromatic heterocycles. The summed E-state index contributed by atoms with van der Waals surface area (Å²) in [6.07, 6.45) is 5.08. The Morgan fingerprint density at radius 3 is 2.31 bits per heavy atom. The summed E-state index contributed by atoms with van der Waals surface area (Å²) in [7, 11) is -4.27. The standard InChI is InChI=1S/C8H16O4S/c1-7(12-13(9,10)11)8-5-3-2-4-6-8/h7-8H,2-6H2,1H3,(H,9,10,11)/t7-/m1/s1. The van der Waals surface area contributed by atoms with E-state index in [1.807, 2.05) is 0 Å². The Morgan fingerprint density at radius 1 is 1.31 bits per heavy atom. The molecule has 0 spiro atoms. The van der Waals surface area contributed by atoms with E-state index in [1.165, 1.54) is 6.42 Å². The molecule has 1 rings (SSSR count). The Balaban J connectivity index is 2.42. The zero-order valence-corrected chi connectivity index (χ0v) is 8.59. The molecule has 4 nitrogen and oxygen atoms in total. The van der Waals surface area contributed by atoms with Gasteiger partial charge in [-0.15, -0.1) is 0 Å². The van der Waals surface area contributed by atoms with E-state index < -0.39 is 16.5 Å². The van der Waals surface area contributed by atoms with Gasteiger partial charge in [-0.3, -0.25) is 4.55 Å². The van der Waals surface area contributed by atoms with Crippen LogP contribution in [0, 0.1) is 5.92 Å². The molecule has 0 aromatic rings. The van der Waals surface area contributed by atoms with Crippen LogP contribution in [0.1, 0.15) is 39.0 Å². The second kappa shape index (κ2) is 4.39. The molecule has 0 aromatic carbocycles. The van der Waals surface area contributed by atoms with Crippen molar-refractivity contribution in [3.05, 3.63) is 0 Å². The second-order valence-electron chi connectivity index (χ2n) is 3.63. The lowest BCUT2D eigenvalue weighted by Gasteiger charge is -2.25. The van der Waals surface area contributed by atoms with Crippen LogP contribution in [-0.2, 0) is 14.6 Å². The first-order chi connectivity index (χ1) is 5.99. The van der Waals surface area contributed by atoms with E-state index in [-0.39, 0.29) is 5.92 Å². The SMILES string of the molecule is C[C@@H](OS(=O)(=O)O)C1CCCCC1. The van der Waals surface area contributed by atoms with Gasteiger partial charge in [0.25, 0.3) is 0 Å². The molecule has 0 aliphatic heterocycles. The predicted molar refractivity (Wildman–Crippen MR) is 48.7 cm³/mol. The Morgan fingerprint density at radius 2 is 1.85 bits per heavy atom. The molecule has 1 aliphatic rings. The van der Waals surface area contributed by atoms with Gasteiger partial charge in [0.2, 0.25) is 0 Å². The summed E-state index contributed by atoms with van der Waals surface area (Å²) in [5, 5.41) is 0. The number of rotatable bonds is 3. The second-order valence-corrected chi connectivity index (χ2v) is 4.68. The molecule has 0 amide bonds. The summed E-state index contributed by atoms with van der Waals surface area (Å²) >= 11 is 0. The Kier molecular flexibility index (Phi) is 3.70. The van der Waals surface area contributed by atoms with Crippen molar-refractivity contribution in [3.8, 4) is 0 Å². The van der Waals surface area contributed by atoms with Gasteiger partial charge in [0.05, 0.1) is 6.10 Å². The molecule has 0 bridgehead atoms. The van der Waals surface area contributed by atoms with Gasteiger partial charge in [-0.25, -0.2) is 4.18 Å². The molecule has 5 heteroatoms. The monoisotopic (exact) mass is 208 g/mol. The molecule has 0 radical (unpaired) electrons. The highest BCUT2D eigenvalue weighted by Crippen LogP contribution is 2.28. The fourth-order valence-electron chi connectivity index (χ4n) is 1.87.